The fourth-order valence-corrected chi connectivity index (χ4v) is 3.16. The van der Waals surface area contributed by atoms with Gasteiger partial charge in [-0.05, 0) is 36.9 Å². The van der Waals surface area contributed by atoms with Crippen LogP contribution in [0.2, 0.25) is 10.0 Å². The Kier molecular flexibility index (Phi) is 4.21. The maximum absolute atomic E-state index is 10.6. The van der Waals surface area contributed by atoms with E-state index in [2.05, 4.69) is 10.3 Å². The highest BCUT2D eigenvalue weighted by Crippen LogP contribution is 2.35. The van der Waals surface area contributed by atoms with E-state index in [1.807, 2.05) is 43.4 Å². The summed E-state index contributed by atoms with van der Waals surface area (Å²) in [7, 11) is 1.82. The maximum Gasteiger partial charge on any atom is 0.146 e. The van der Waals surface area contributed by atoms with Crippen molar-refractivity contribution in [3.63, 3.8) is 0 Å². The number of hydrogen-bond donors (Lipinski definition) is 2. The Balaban J connectivity index is 2.16. The molecule has 0 bridgehead atoms. The fourth-order valence-electron chi connectivity index (χ4n) is 2.62. The lowest BCUT2D eigenvalue weighted by Gasteiger charge is -2.19. The Morgan fingerprint density at radius 3 is 2.50 bits per heavy atom. The topological polar surface area (TPSA) is 45.2 Å². The van der Waals surface area contributed by atoms with Crippen molar-refractivity contribution in [1.82, 2.24) is 10.3 Å². The van der Waals surface area contributed by atoms with Gasteiger partial charge >= 0.3 is 0 Å². The van der Waals surface area contributed by atoms with Gasteiger partial charge in [-0.25, -0.2) is 0 Å². The molecule has 1 heterocycles. The van der Waals surface area contributed by atoms with Crippen LogP contribution in [0.1, 0.15) is 17.2 Å². The maximum atomic E-state index is 10.6. The molecule has 0 fully saturated rings. The van der Waals surface area contributed by atoms with Crippen LogP contribution in [0.4, 0.5) is 0 Å². The van der Waals surface area contributed by atoms with Crippen molar-refractivity contribution in [2.75, 3.05) is 7.05 Å². The summed E-state index contributed by atoms with van der Waals surface area (Å²) in [6, 6.07) is 12.7. The van der Waals surface area contributed by atoms with E-state index in [9.17, 15) is 5.11 Å². The lowest BCUT2D eigenvalue weighted by molar-refractivity contribution is 0.466. The molecule has 3 aromatic rings. The van der Waals surface area contributed by atoms with E-state index in [-0.39, 0.29) is 11.8 Å². The van der Waals surface area contributed by atoms with Crippen LogP contribution < -0.4 is 5.32 Å². The van der Waals surface area contributed by atoms with Crippen LogP contribution in [0, 0.1) is 0 Å². The van der Waals surface area contributed by atoms with Gasteiger partial charge in [0.15, 0.2) is 0 Å². The smallest absolute Gasteiger partial charge is 0.146 e. The van der Waals surface area contributed by atoms with Crippen molar-refractivity contribution >= 4 is 34.1 Å². The zero-order valence-corrected chi connectivity index (χ0v) is 13.4. The molecular formula is C17H14Cl2N2O. The molecule has 22 heavy (non-hydrogen) atoms. The number of phenolic OH excluding ortho intramolecular Hbond substituents is 1. The highest BCUT2D eigenvalue weighted by atomic mass is 35.5. The number of fused-ring (bicyclic) bond motifs is 1. The molecule has 0 saturated heterocycles. The van der Waals surface area contributed by atoms with Crippen LogP contribution in [0.3, 0.4) is 0 Å². The lowest BCUT2D eigenvalue weighted by atomic mass is 9.96. The molecule has 3 rings (SSSR count). The number of aromatic nitrogens is 1. The van der Waals surface area contributed by atoms with Crippen LogP contribution >= 0.6 is 23.2 Å². The first kappa shape index (κ1) is 15.1. The number of halogens is 2. The van der Waals surface area contributed by atoms with E-state index in [1.54, 1.807) is 12.3 Å². The highest BCUT2D eigenvalue weighted by Gasteiger charge is 2.19. The van der Waals surface area contributed by atoms with Gasteiger partial charge in [0.2, 0.25) is 0 Å². The van der Waals surface area contributed by atoms with Crippen molar-refractivity contribution in [1.29, 1.82) is 0 Å². The van der Waals surface area contributed by atoms with Gasteiger partial charge in [-0.15, -0.1) is 0 Å². The number of rotatable bonds is 3. The van der Waals surface area contributed by atoms with Crippen molar-refractivity contribution in [2.24, 2.45) is 0 Å². The van der Waals surface area contributed by atoms with Gasteiger partial charge in [-0.1, -0.05) is 41.4 Å². The minimum absolute atomic E-state index is 0.161. The molecule has 1 unspecified atom stereocenters. The van der Waals surface area contributed by atoms with E-state index >= 15 is 0 Å². The molecule has 0 aliphatic carbocycles. The summed E-state index contributed by atoms with van der Waals surface area (Å²) in [5.41, 5.74) is 2.19. The van der Waals surface area contributed by atoms with Crippen LogP contribution in [0.15, 0.2) is 48.7 Å². The van der Waals surface area contributed by atoms with Crippen molar-refractivity contribution in [3.8, 4) is 5.75 Å². The van der Waals surface area contributed by atoms with E-state index in [4.69, 9.17) is 23.2 Å². The second-order valence-corrected chi connectivity index (χ2v) is 5.88. The van der Waals surface area contributed by atoms with E-state index in [0.717, 1.165) is 16.5 Å². The quantitative estimate of drug-likeness (QED) is 0.739. The molecule has 3 nitrogen and oxygen atoms in total. The normalized spacial score (nSPS) is 12.5. The zero-order valence-electron chi connectivity index (χ0n) is 11.8. The molecule has 1 atom stereocenters. The van der Waals surface area contributed by atoms with Gasteiger partial charge in [-0.3, -0.25) is 4.98 Å². The van der Waals surface area contributed by atoms with Crippen molar-refractivity contribution in [3.05, 3.63) is 69.8 Å². The second-order valence-electron chi connectivity index (χ2n) is 5.00. The zero-order chi connectivity index (χ0) is 15.7. The first-order chi connectivity index (χ1) is 10.6. The molecule has 1 aromatic heterocycles. The Hall–Kier alpha value is -1.81. The van der Waals surface area contributed by atoms with Crippen LogP contribution in [0.25, 0.3) is 10.9 Å². The molecule has 0 aliphatic heterocycles. The molecule has 2 aromatic carbocycles. The standard InChI is InChI=1S/C17H14Cl2N2O/c1-20-15(11-7-12(18)9-13(19)8-11)14-5-4-10-3-2-6-21-16(10)17(14)22/h2-9,15,20,22H,1H3. The van der Waals surface area contributed by atoms with Crippen LogP contribution in [-0.4, -0.2) is 17.1 Å². The number of phenols is 1. The van der Waals surface area contributed by atoms with Gasteiger partial charge < -0.3 is 10.4 Å². The average Bonchev–Trinajstić information content (AvgIpc) is 2.49. The predicted molar refractivity (Wildman–Crippen MR) is 90.8 cm³/mol. The number of nitrogens with one attached hydrogen (secondary N) is 1. The Labute approximate surface area is 138 Å². The summed E-state index contributed by atoms with van der Waals surface area (Å²) in [5.74, 6) is 0.161. The number of pyridine rings is 1. The summed E-state index contributed by atoms with van der Waals surface area (Å²) in [5, 5.41) is 15.8. The third kappa shape index (κ3) is 2.75. The molecule has 5 heteroatoms. The Morgan fingerprint density at radius 1 is 1.09 bits per heavy atom. The molecular weight excluding hydrogens is 319 g/mol. The molecule has 0 saturated carbocycles. The summed E-state index contributed by atoms with van der Waals surface area (Å²) in [6.45, 7) is 0. The predicted octanol–water partition coefficient (Wildman–Crippen LogP) is 4.56. The minimum Gasteiger partial charge on any atom is -0.505 e. The molecule has 0 radical (unpaired) electrons. The third-order valence-electron chi connectivity index (χ3n) is 3.60. The summed E-state index contributed by atoms with van der Waals surface area (Å²) in [6.07, 6.45) is 1.66. The average molecular weight is 333 g/mol. The number of benzene rings is 2. The monoisotopic (exact) mass is 332 g/mol. The minimum atomic E-state index is -0.234. The summed E-state index contributed by atoms with van der Waals surface area (Å²) in [4.78, 5) is 4.26. The van der Waals surface area contributed by atoms with Crippen LogP contribution in [0.5, 0.6) is 5.75 Å². The number of aromatic hydroxyl groups is 1. The molecule has 112 valence electrons. The number of hydrogen-bond acceptors (Lipinski definition) is 3. The summed E-state index contributed by atoms with van der Waals surface area (Å²) >= 11 is 12.2. The van der Waals surface area contributed by atoms with Crippen molar-refractivity contribution in [2.45, 2.75) is 6.04 Å². The molecule has 2 N–H and O–H groups in total. The fraction of sp³-hybridized carbons (Fsp3) is 0.118. The third-order valence-corrected chi connectivity index (χ3v) is 4.03. The second kappa shape index (κ2) is 6.13. The van der Waals surface area contributed by atoms with Gasteiger partial charge in [0.25, 0.3) is 0 Å². The first-order valence-corrected chi connectivity index (χ1v) is 7.55. The van der Waals surface area contributed by atoms with Gasteiger partial charge in [0.1, 0.15) is 11.3 Å². The van der Waals surface area contributed by atoms with Crippen molar-refractivity contribution < 1.29 is 5.11 Å². The molecule has 0 aliphatic rings. The van der Waals surface area contributed by atoms with Gasteiger partial charge in [0, 0.05) is 27.2 Å². The van der Waals surface area contributed by atoms with E-state index < -0.39 is 0 Å². The SMILES string of the molecule is CNC(c1cc(Cl)cc(Cl)c1)c1ccc2cccnc2c1O. The summed E-state index contributed by atoms with van der Waals surface area (Å²) < 4.78 is 0. The number of nitrogens with zero attached hydrogens (tertiary/aromatic N) is 1. The molecule has 0 spiro atoms. The van der Waals surface area contributed by atoms with Gasteiger partial charge in [-0.2, -0.15) is 0 Å². The highest BCUT2D eigenvalue weighted by molar-refractivity contribution is 6.34. The largest absolute Gasteiger partial charge is 0.505 e. The molecule has 0 amide bonds. The van der Waals surface area contributed by atoms with E-state index in [1.165, 1.54) is 0 Å². The van der Waals surface area contributed by atoms with E-state index in [0.29, 0.717) is 15.6 Å². The Bertz CT molecular complexity index is 816. The Morgan fingerprint density at radius 2 is 1.82 bits per heavy atom. The lowest BCUT2D eigenvalue weighted by Crippen LogP contribution is -2.18. The van der Waals surface area contributed by atoms with Crippen LogP contribution in [-0.2, 0) is 0 Å². The first-order valence-electron chi connectivity index (χ1n) is 6.80. The van der Waals surface area contributed by atoms with Gasteiger partial charge in [0.05, 0.1) is 6.04 Å².